The molecule has 0 heterocycles. The van der Waals surface area contributed by atoms with E-state index in [0.717, 1.165) is 11.8 Å². The molecule has 0 heteroatoms. The van der Waals surface area contributed by atoms with Crippen molar-refractivity contribution in [3.63, 3.8) is 0 Å². The lowest BCUT2D eigenvalue weighted by Gasteiger charge is -2.14. The molecule has 0 spiro atoms. The van der Waals surface area contributed by atoms with Crippen molar-refractivity contribution in [3.8, 4) is 0 Å². The molecule has 0 aromatic heterocycles. The second-order valence-corrected chi connectivity index (χ2v) is 5.67. The molecule has 0 radical (unpaired) electrons. The largest absolute Gasteiger partial charge is 0.0844 e. The maximum atomic E-state index is 2.47. The van der Waals surface area contributed by atoms with Gasteiger partial charge in [0.05, 0.1) is 0 Å². The zero-order chi connectivity index (χ0) is 11.4. The monoisotopic (exact) mass is 212 g/mol. The summed E-state index contributed by atoms with van der Waals surface area (Å²) in [6, 6.07) is 0. The molecular weight excluding hydrogens is 192 g/mol. The maximum Gasteiger partial charge on any atom is 0.0123 e. The van der Waals surface area contributed by atoms with Crippen LogP contribution >= 0.6 is 0 Å². The van der Waals surface area contributed by atoms with Gasteiger partial charge in [-0.05, 0) is 44.3 Å². The molecule has 0 amide bonds. The topological polar surface area (TPSA) is 0 Å². The van der Waals surface area contributed by atoms with Gasteiger partial charge in [-0.2, -0.15) is 0 Å². The van der Waals surface area contributed by atoms with Gasteiger partial charge in [0.1, 0.15) is 0 Å². The van der Waals surface area contributed by atoms with Crippen molar-refractivity contribution in [2.24, 2.45) is 17.8 Å². The van der Waals surface area contributed by atoms with E-state index < -0.39 is 0 Å². The molecule has 1 fully saturated rings. The van der Waals surface area contributed by atoms with Crippen molar-refractivity contribution in [1.82, 2.24) is 0 Å². The van der Waals surface area contributed by atoms with Gasteiger partial charge in [0.25, 0.3) is 0 Å². The van der Waals surface area contributed by atoms with Crippen molar-refractivity contribution in [2.45, 2.75) is 34.1 Å². The Morgan fingerprint density at radius 1 is 1.00 bits per heavy atom. The SMILES string of the molecule is CC1=CC=C(C)C2C3=C1C(C)CC=C(C)C32. The average molecular weight is 212 g/mol. The Morgan fingerprint density at radius 2 is 1.69 bits per heavy atom. The first kappa shape index (κ1) is 10.1. The number of fused-ring (bicyclic) bond motifs is 1. The van der Waals surface area contributed by atoms with E-state index in [4.69, 9.17) is 0 Å². The van der Waals surface area contributed by atoms with Crippen LogP contribution in [0.5, 0.6) is 0 Å². The van der Waals surface area contributed by atoms with E-state index in [9.17, 15) is 0 Å². The van der Waals surface area contributed by atoms with Gasteiger partial charge in [0.2, 0.25) is 0 Å². The highest BCUT2D eigenvalue weighted by molar-refractivity contribution is 5.58. The maximum absolute atomic E-state index is 2.47. The van der Waals surface area contributed by atoms with Crippen LogP contribution in [0.2, 0.25) is 0 Å². The van der Waals surface area contributed by atoms with E-state index in [0.29, 0.717) is 5.92 Å². The molecule has 3 atom stereocenters. The zero-order valence-corrected chi connectivity index (χ0v) is 10.7. The second kappa shape index (κ2) is 3.23. The lowest BCUT2D eigenvalue weighted by atomic mass is 9.91. The summed E-state index contributed by atoms with van der Waals surface area (Å²) in [6.45, 7) is 9.26. The van der Waals surface area contributed by atoms with E-state index in [1.54, 1.807) is 22.3 Å². The first-order chi connectivity index (χ1) is 7.61. The van der Waals surface area contributed by atoms with E-state index in [2.05, 4.69) is 45.9 Å². The van der Waals surface area contributed by atoms with Crippen LogP contribution in [0.4, 0.5) is 0 Å². The lowest BCUT2D eigenvalue weighted by molar-refractivity contribution is 0.696. The van der Waals surface area contributed by atoms with Crippen molar-refractivity contribution >= 4 is 0 Å². The predicted molar refractivity (Wildman–Crippen MR) is 69.1 cm³/mol. The lowest BCUT2D eigenvalue weighted by Crippen LogP contribution is -1.99. The third-order valence-electron chi connectivity index (χ3n) is 4.49. The summed E-state index contributed by atoms with van der Waals surface area (Å²) in [5.74, 6) is 2.19. The molecular formula is C16H20. The summed E-state index contributed by atoms with van der Waals surface area (Å²) in [7, 11) is 0. The summed E-state index contributed by atoms with van der Waals surface area (Å²) >= 11 is 0. The molecule has 3 aliphatic rings. The van der Waals surface area contributed by atoms with Crippen LogP contribution in [0.1, 0.15) is 34.1 Å². The summed E-state index contributed by atoms with van der Waals surface area (Å²) < 4.78 is 0. The minimum atomic E-state index is 0.704. The number of rotatable bonds is 0. The molecule has 0 N–H and O–H groups in total. The molecule has 3 aliphatic carbocycles. The fraction of sp³-hybridized carbons (Fsp3) is 0.500. The third-order valence-corrected chi connectivity index (χ3v) is 4.49. The molecule has 0 nitrogen and oxygen atoms in total. The van der Waals surface area contributed by atoms with E-state index in [1.165, 1.54) is 12.0 Å². The van der Waals surface area contributed by atoms with Gasteiger partial charge in [-0.25, -0.2) is 0 Å². The summed E-state index contributed by atoms with van der Waals surface area (Å²) in [5, 5.41) is 0. The Labute approximate surface area is 98.4 Å². The van der Waals surface area contributed by atoms with Crippen LogP contribution in [0.15, 0.2) is 46.1 Å². The van der Waals surface area contributed by atoms with Gasteiger partial charge in [-0.15, -0.1) is 0 Å². The minimum Gasteiger partial charge on any atom is -0.0844 e. The quantitative estimate of drug-likeness (QED) is 0.521. The van der Waals surface area contributed by atoms with Gasteiger partial charge < -0.3 is 0 Å². The van der Waals surface area contributed by atoms with Crippen LogP contribution < -0.4 is 0 Å². The summed E-state index contributed by atoms with van der Waals surface area (Å²) in [4.78, 5) is 0. The fourth-order valence-electron chi connectivity index (χ4n) is 3.57. The molecule has 1 saturated carbocycles. The Hall–Kier alpha value is -1.04. The Kier molecular flexibility index (Phi) is 2.04. The van der Waals surface area contributed by atoms with Crippen LogP contribution in [-0.2, 0) is 0 Å². The predicted octanol–water partition coefficient (Wildman–Crippen LogP) is 4.42. The number of hydrogen-bond donors (Lipinski definition) is 0. The van der Waals surface area contributed by atoms with Crippen LogP contribution in [0, 0.1) is 17.8 Å². The highest BCUT2D eigenvalue weighted by Crippen LogP contribution is 2.60. The Morgan fingerprint density at radius 3 is 2.44 bits per heavy atom. The molecule has 0 aliphatic heterocycles. The van der Waals surface area contributed by atoms with Crippen molar-refractivity contribution in [3.05, 3.63) is 46.1 Å². The number of hydrogen-bond acceptors (Lipinski definition) is 0. The highest BCUT2D eigenvalue weighted by atomic mass is 14.5. The first-order valence-electron chi connectivity index (χ1n) is 6.37. The second-order valence-electron chi connectivity index (χ2n) is 5.67. The fourth-order valence-corrected chi connectivity index (χ4v) is 3.57. The molecule has 0 bridgehead atoms. The summed E-state index contributed by atoms with van der Waals surface area (Å²) in [5.41, 5.74) is 8.05. The van der Waals surface area contributed by atoms with E-state index in [1.807, 2.05) is 0 Å². The van der Waals surface area contributed by atoms with Crippen LogP contribution in [-0.4, -0.2) is 0 Å². The molecule has 0 aromatic carbocycles. The van der Waals surface area contributed by atoms with Gasteiger partial charge in [-0.3, -0.25) is 0 Å². The standard InChI is InChI=1S/C16H20/c1-9-5-7-11(3)14-15-12(4)8-6-10(2)13(9)16(14)15/h5,7-8,10,14-15H,6H2,1-4H3. The molecule has 3 unspecified atom stereocenters. The van der Waals surface area contributed by atoms with Gasteiger partial charge in [0, 0.05) is 11.8 Å². The molecule has 0 aromatic rings. The van der Waals surface area contributed by atoms with Gasteiger partial charge in [0.15, 0.2) is 0 Å². The average Bonchev–Trinajstić information content (AvgIpc) is 2.98. The molecule has 0 saturated heterocycles. The van der Waals surface area contributed by atoms with Crippen molar-refractivity contribution < 1.29 is 0 Å². The molecule has 3 rings (SSSR count). The van der Waals surface area contributed by atoms with Gasteiger partial charge in [-0.1, -0.05) is 41.9 Å². The Balaban J connectivity index is 2.18. The van der Waals surface area contributed by atoms with Gasteiger partial charge >= 0.3 is 0 Å². The molecule has 84 valence electrons. The minimum absolute atomic E-state index is 0.704. The number of allylic oxidation sites excluding steroid dienone is 8. The highest BCUT2D eigenvalue weighted by Gasteiger charge is 2.49. The molecule has 16 heavy (non-hydrogen) atoms. The Bertz CT molecular complexity index is 468. The van der Waals surface area contributed by atoms with Crippen LogP contribution in [0.3, 0.4) is 0 Å². The smallest absolute Gasteiger partial charge is 0.0123 e. The van der Waals surface area contributed by atoms with E-state index in [-0.39, 0.29) is 0 Å². The van der Waals surface area contributed by atoms with Crippen molar-refractivity contribution in [1.29, 1.82) is 0 Å². The van der Waals surface area contributed by atoms with E-state index >= 15 is 0 Å². The first-order valence-corrected chi connectivity index (χ1v) is 6.37. The zero-order valence-electron chi connectivity index (χ0n) is 10.7. The third kappa shape index (κ3) is 1.22. The normalized spacial score (nSPS) is 36.8. The van der Waals surface area contributed by atoms with Crippen LogP contribution in [0.25, 0.3) is 0 Å². The van der Waals surface area contributed by atoms with Crippen molar-refractivity contribution in [2.75, 3.05) is 0 Å². The summed E-state index contributed by atoms with van der Waals surface area (Å²) in [6.07, 6.45) is 8.34.